The molecule has 2 nitrogen and oxygen atoms in total. The minimum atomic E-state index is 0.315. The Morgan fingerprint density at radius 1 is 0.467 bits per heavy atom. The van der Waals surface area contributed by atoms with E-state index >= 15 is 0 Å². The molecule has 218 valence electrons. The third-order valence-electron chi connectivity index (χ3n) is 9.30. The lowest BCUT2D eigenvalue weighted by Gasteiger charge is -2.24. The maximum Gasteiger partial charge on any atom is 0.145 e. The molecule has 0 atom stereocenters. The quantitative estimate of drug-likeness (QED) is 0.185. The second kappa shape index (κ2) is 10.7. The van der Waals surface area contributed by atoms with Crippen LogP contribution in [-0.4, -0.2) is 9.55 Å². The van der Waals surface area contributed by atoms with E-state index in [-0.39, 0.29) is 0 Å². The molecule has 8 rings (SSSR count). The summed E-state index contributed by atoms with van der Waals surface area (Å²) in [7, 11) is 0. The normalized spacial score (nSPS) is 12.0. The standard InChI is InChI=1S/C43H36N2/c1-27(2)38-25-34(29-12-6-5-7-13-29)26-39(28(3)4)42(38)45-40-23-21-31-15-9-11-17-37(31)41(40)44-43(45)33-20-22-36-32(24-33)19-18-30-14-8-10-16-35(30)36/h5-28H,1-4H3. The molecule has 0 aliphatic heterocycles. The molecule has 0 N–H and O–H groups in total. The molecule has 0 amide bonds. The molecule has 0 saturated heterocycles. The highest BCUT2D eigenvalue weighted by Gasteiger charge is 2.24. The van der Waals surface area contributed by atoms with Gasteiger partial charge in [0.25, 0.3) is 0 Å². The van der Waals surface area contributed by atoms with Crippen LogP contribution in [-0.2, 0) is 0 Å². The van der Waals surface area contributed by atoms with Gasteiger partial charge in [0.1, 0.15) is 5.82 Å². The van der Waals surface area contributed by atoms with Crippen LogP contribution in [0.15, 0.2) is 133 Å². The zero-order chi connectivity index (χ0) is 30.7. The van der Waals surface area contributed by atoms with Gasteiger partial charge in [-0.15, -0.1) is 0 Å². The van der Waals surface area contributed by atoms with Crippen LogP contribution in [0.2, 0.25) is 0 Å². The van der Waals surface area contributed by atoms with Crippen LogP contribution >= 0.6 is 0 Å². The number of benzene rings is 7. The fourth-order valence-corrected chi connectivity index (χ4v) is 7.00. The fourth-order valence-electron chi connectivity index (χ4n) is 7.00. The first-order valence-corrected chi connectivity index (χ1v) is 16.0. The van der Waals surface area contributed by atoms with Gasteiger partial charge in [-0.05, 0) is 85.3 Å². The van der Waals surface area contributed by atoms with E-state index in [0.29, 0.717) is 11.8 Å². The molecule has 0 saturated carbocycles. The van der Waals surface area contributed by atoms with Crippen LogP contribution in [0.5, 0.6) is 0 Å². The molecule has 8 aromatic rings. The Labute approximate surface area is 264 Å². The van der Waals surface area contributed by atoms with Crippen molar-refractivity contribution in [1.29, 1.82) is 0 Å². The van der Waals surface area contributed by atoms with E-state index in [1.54, 1.807) is 0 Å². The number of imidazole rings is 1. The lowest BCUT2D eigenvalue weighted by atomic mass is 9.88. The van der Waals surface area contributed by atoms with Crippen molar-refractivity contribution in [2.24, 2.45) is 0 Å². The predicted molar refractivity (Wildman–Crippen MR) is 193 cm³/mol. The van der Waals surface area contributed by atoms with Gasteiger partial charge in [0.15, 0.2) is 0 Å². The highest BCUT2D eigenvalue weighted by atomic mass is 15.1. The lowest BCUT2D eigenvalue weighted by Crippen LogP contribution is -2.09. The fraction of sp³-hybridized carbons (Fsp3) is 0.140. The van der Waals surface area contributed by atoms with E-state index in [4.69, 9.17) is 4.98 Å². The maximum atomic E-state index is 5.50. The van der Waals surface area contributed by atoms with Gasteiger partial charge in [-0.25, -0.2) is 4.98 Å². The molecule has 1 heterocycles. The first-order valence-electron chi connectivity index (χ1n) is 16.0. The molecule has 0 aliphatic carbocycles. The Balaban J connectivity index is 1.48. The number of fused-ring (bicyclic) bond motifs is 6. The summed E-state index contributed by atoms with van der Waals surface area (Å²) in [6, 6.07) is 48.7. The Bertz CT molecular complexity index is 2350. The molecule has 0 radical (unpaired) electrons. The van der Waals surface area contributed by atoms with Crippen molar-refractivity contribution >= 4 is 43.4 Å². The largest absolute Gasteiger partial charge is 0.292 e. The monoisotopic (exact) mass is 580 g/mol. The second-order valence-electron chi connectivity index (χ2n) is 12.8. The lowest BCUT2D eigenvalue weighted by molar-refractivity contribution is 0.811. The third kappa shape index (κ3) is 4.52. The smallest absolute Gasteiger partial charge is 0.145 e. The first kappa shape index (κ1) is 27.3. The Kier molecular flexibility index (Phi) is 6.53. The van der Waals surface area contributed by atoms with Crippen molar-refractivity contribution in [3.05, 3.63) is 145 Å². The molecule has 0 spiro atoms. The van der Waals surface area contributed by atoms with Crippen LogP contribution in [0, 0.1) is 0 Å². The molecule has 0 bridgehead atoms. The number of nitrogens with zero attached hydrogens (tertiary/aromatic N) is 2. The van der Waals surface area contributed by atoms with Crippen molar-refractivity contribution in [3.63, 3.8) is 0 Å². The van der Waals surface area contributed by atoms with Crippen molar-refractivity contribution < 1.29 is 0 Å². The van der Waals surface area contributed by atoms with Crippen molar-refractivity contribution in [2.75, 3.05) is 0 Å². The molecule has 0 unspecified atom stereocenters. The Morgan fingerprint density at radius 3 is 1.76 bits per heavy atom. The second-order valence-corrected chi connectivity index (χ2v) is 12.8. The van der Waals surface area contributed by atoms with Gasteiger partial charge in [-0.3, -0.25) is 4.57 Å². The van der Waals surface area contributed by atoms with Gasteiger partial charge in [0.05, 0.1) is 16.7 Å². The summed E-state index contributed by atoms with van der Waals surface area (Å²) in [4.78, 5) is 5.50. The SMILES string of the molecule is CC(C)c1cc(-c2ccccc2)cc(C(C)C)c1-n1c(-c2ccc3c(ccc4ccccc43)c2)nc2c3ccccc3ccc21. The summed E-state index contributed by atoms with van der Waals surface area (Å²) >= 11 is 0. The van der Waals surface area contributed by atoms with Crippen LogP contribution in [0.1, 0.15) is 50.7 Å². The molecule has 0 aliphatic rings. The topological polar surface area (TPSA) is 17.8 Å². The average Bonchev–Trinajstić information content (AvgIpc) is 3.47. The van der Waals surface area contributed by atoms with E-state index < -0.39 is 0 Å². The molecular formula is C43H36N2. The van der Waals surface area contributed by atoms with E-state index in [9.17, 15) is 0 Å². The van der Waals surface area contributed by atoms with Crippen molar-refractivity contribution in [2.45, 2.75) is 39.5 Å². The van der Waals surface area contributed by atoms with Gasteiger partial charge in [0, 0.05) is 10.9 Å². The van der Waals surface area contributed by atoms with E-state index in [1.807, 2.05) is 0 Å². The molecule has 1 aromatic heterocycles. The molecule has 7 aromatic carbocycles. The number of rotatable bonds is 5. The Hall–Kier alpha value is -5.21. The highest BCUT2D eigenvalue weighted by Crippen LogP contribution is 2.41. The average molecular weight is 581 g/mol. The summed E-state index contributed by atoms with van der Waals surface area (Å²) in [6.45, 7) is 9.25. The first-order chi connectivity index (χ1) is 22.0. The Morgan fingerprint density at radius 2 is 1.04 bits per heavy atom. The van der Waals surface area contributed by atoms with Crippen LogP contribution in [0.25, 0.3) is 71.6 Å². The van der Waals surface area contributed by atoms with Crippen molar-refractivity contribution in [3.8, 4) is 28.2 Å². The summed E-state index contributed by atoms with van der Waals surface area (Å²) < 4.78 is 2.46. The molecule has 2 heteroatoms. The zero-order valence-electron chi connectivity index (χ0n) is 26.3. The van der Waals surface area contributed by atoms with Gasteiger partial charge in [-0.1, -0.05) is 137 Å². The predicted octanol–water partition coefficient (Wildman–Crippen LogP) is 12.1. The van der Waals surface area contributed by atoms with Gasteiger partial charge in [-0.2, -0.15) is 0 Å². The van der Waals surface area contributed by atoms with E-state index in [2.05, 4.69) is 166 Å². The minimum Gasteiger partial charge on any atom is -0.292 e. The molecule has 45 heavy (non-hydrogen) atoms. The number of hydrogen-bond donors (Lipinski definition) is 0. The van der Waals surface area contributed by atoms with Crippen LogP contribution in [0.3, 0.4) is 0 Å². The van der Waals surface area contributed by atoms with E-state index in [0.717, 1.165) is 22.4 Å². The van der Waals surface area contributed by atoms with Gasteiger partial charge < -0.3 is 0 Å². The number of aromatic nitrogens is 2. The molecular weight excluding hydrogens is 544 g/mol. The molecule has 0 fully saturated rings. The summed E-state index contributed by atoms with van der Waals surface area (Å²) in [6.07, 6.45) is 0. The van der Waals surface area contributed by atoms with Crippen LogP contribution < -0.4 is 0 Å². The maximum absolute atomic E-state index is 5.50. The van der Waals surface area contributed by atoms with Gasteiger partial charge in [0.2, 0.25) is 0 Å². The minimum absolute atomic E-state index is 0.315. The third-order valence-corrected chi connectivity index (χ3v) is 9.30. The summed E-state index contributed by atoms with van der Waals surface area (Å²) in [5, 5.41) is 7.42. The van der Waals surface area contributed by atoms with Crippen LogP contribution in [0.4, 0.5) is 0 Å². The summed E-state index contributed by atoms with van der Waals surface area (Å²) in [5.41, 5.74) is 9.73. The number of hydrogen-bond acceptors (Lipinski definition) is 1. The van der Waals surface area contributed by atoms with Gasteiger partial charge >= 0.3 is 0 Å². The zero-order valence-corrected chi connectivity index (χ0v) is 26.3. The highest BCUT2D eigenvalue weighted by molar-refractivity contribution is 6.09. The summed E-state index contributed by atoms with van der Waals surface area (Å²) in [5.74, 6) is 1.61. The van der Waals surface area contributed by atoms with Crippen molar-refractivity contribution in [1.82, 2.24) is 9.55 Å². The van der Waals surface area contributed by atoms with E-state index in [1.165, 1.54) is 60.3 Å².